The number of rotatable bonds is 6. The number of halogens is 6. The van der Waals surface area contributed by atoms with E-state index < -0.39 is 24.2 Å². The minimum absolute atomic E-state index is 0.269. The van der Waals surface area contributed by atoms with Gasteiger partial charge in [-0.1, -0.05) is 58.5 Å². The maximum Gasteiger partial charge on any atom is 0.231 e. The molecule has 16 heteroatoms. The second-order valence-electron chi connectivity index (χ2n) is 10.9. The van der Waals surface area contributed by atoms with E-state index in [1.807, 2.05) is 0 Å². The number of carbonyl (C=O) groups excluding carboxylic acids is 2. The number of pyridine rings is 2. The highest BCUT2D eigenvalue weighted by molar-refractivity contribution is 7.22. The van der Waals surface area contributed by atoms with Gasteiger partial charge in [0.2, 0.25) is 11.8 Å². The number of hydrogen-bond donors (Lipinski definition) is 2. The van der Waals surface area contributed by atoms with E-state index in [9.17, 15) is 18.4 Å². The molecule has 1 unspecified atom stereocenters. The first kappa shape index (κ1) is 33.0. The van der Waals surface area contributed by atoms with Crippen LogP contribution >= 0.6 is 69.1 Å². The molecular weight excluding hydrogens is 744 g/mol. The predicted octanol–water partition coefficient (Wildman–Crippen LogP) is 9.92. The first-order valence-electron chi connectivity index (χ1n) is 14.4. The van der Waals surface area contributed by atoms with E-state index in [1.54, 1.807) is 60.9 Å². The fraction of sp³-hybridized carbons (Fsp3) is 0.188. The molecule has 2 aliphatic carbocycles. The Labute approximate surface area is 299 Å². The van der Waals surface area contributed by atoms with Gasteiger partial charge >= 0.3 is 0 Å². The predicted molar refractivity (Wildman–Crippen MR) is 189 cm³/mol. The molecule has 244 valence electrons. The second kappa shape index (κ2) is 13.4. The van der Waals surface area contributed by atoms with Crippen LogP contribution in [-0.4, -0.2) is 44.1 Å². The summed E-state index contributed by atoms with van der Waals surface area (Å²) in [5, 5.41) is 8.64. The number of thiazole rings is 2. The highest BCUT2D eigenvalue weighted by atomic mass is 35.5. The Balaban J connectivity index is 0.000000152. The van der Waals surface area contributed by atoms with Crippen molar-refractivity contribution in [2.24, 2.45) is 11.8 Å². The van der Waals surface area contributed by atoms with Crippen LogP contribution < -0.4 is 10.6 Å². The van der Waals surface area contributed by atoms with Crippen LogP contribution in [0.3, 0.4) is 0 Å². The van der Waals surface area contributed by atoms with Crippen LogP contribution in [0.15, 0.2) is 60.9 Å². The SMILES string of the molecule is O=C(Nc1nccc2nc(-c3c(Cl)cccc3Cl)sc12)C1C[C@H]1F.O=C(Nc1nccc2nc(-c3c(Cl)cccc3Cl)sc12)[C@@H]1C[C@@H]1F. The third-order valence-corrected chi connectivity index (χ3v) is 11.0. The van der Waals surface area contributed by atoms with Crippen LogP contribution in [0.4, 0.5) is 20.4 Å². The summed E-state index contributed by atoms with van der Waals surface area (Å²) in [6.07, 6.45) is 1.53. The van der Waals surface area contributed by atoms with Crippen molar-refractivity contribution in [2.45, 2.75) is 25.2 Å². The van der Waals surface area contributed by atoms with Gasteiger partial charge in [-0.05, 0) is 49.2 Å². The summed E-state index contributed by atoms with van der Waals surface area (Å²) >= 11 is 27.6. The van der Waals surface area contributed by atoms with Crippen molar-refractivity contribution in [2.75, 3.05) is 10.6 Å². The smallest absolute Gasteiger partial charge is 0.231 e. The molecule has 2 aliphatic rings. The van der Waals surface area contributed by atoms with Crippen LogP contribution in [0.25, 0.3) is 41.6 Å². The minimum Gasteiger partial charge on any atom is -0.309 e. The number of nitrogens with zero attached hydrogens (tertiary/aromatic N) is 4. The normalized spacial score (nSPS) is 19.5. The van der Waals surface area contributed by atoms with Gasteiger partial charge in [0.1, 0.15) is 22.4 Å². The van der Waals surface area contributed by atoms with Crippen LogP contribution in [0.1, 0.15) is 12.8 Å². The number of hydrogen-bond acceptors (Lipinski definition) is 8. The lowest BCUT2D eigenvalue weighted by Crippen LogP contribution is -2.15. The number of anilines is 2. The zero-order chi connectivity index (χ0) is 33.7. The molecule has 0 bridgehead atoms. The van der Waals surface area contributed by atoms with Crippen molar-refractivity contribution in [1.82, 2.24) is 19.9 Å². The van der Waals surface area contributed by atoms with Crippen molar-refractivity contribution in [3.05, 3.63) is 81.0 Å². The summed E-state index contributed by atoms with van der Waals surface area (Å²) in [5.41, 5.74) is 2.63. The average molecular weight is 764 g/mol. The summed E-state index contributed by atoms with van der Waals surface area (Å²) in [5.74, 6) is -1.10. The Morgan fingerprint density at radius 3 is 1.33 bits per heavy atom. The largest absolute Gasteiger partial charge is 0.309 e. The molecule has 8 nitrogen and oxygen atoms in total. The van der Waals surface area contributed by atoms with Crippen LogP contribution in [0, 0.1) is 11.8 Å². The number of benzene rings is 2. The fourth-order valence-electron chi connectivity index (χ4n) is 4.80. The number of fused-ring (bicyclic) bond motifs is 2. The Morgan fingerprint density at radius 1 is 0.646 bits per heavy atom. The Kier molecular flexibility index (Phi) is 9.22. The van der Waals surface area contributed by atoms with Gasteiger partial charge in [0.05, 0.1) is 52.4 Å². The lowest BCUT2D eigenvalue weighted by atomic mass is 10.2. The van der Waals surface area contributed by atoms with E-state index in [-0.39, 0.29) is 24.7 Å². The van der Waals surface area contributed by atoms with Crippen LogP contribution in [0.5, 0.6) is 0 Å². The van der Waals surface area contributed by atoms with Gasteiger partial charge in [-0.25, -0.2) is 28.7 Å². The molecule has 2 amide bonds. The molecule has 48 heavy (non-hydrogen) atoms. The third-order valence-electron chi connectivity index (χ3n) is 7.54. The Hall–Kier alpha value is -3.52. The molecule has 4 aromatic heterocycles. The van der Waals surface area contributed by atoms with Crippen LogP contribution in [-0.2, 0) is 9.59 Å². The monoisotopic (exact) mass is 762 g/mol. The minimum atomic E-state index is -1.05. The van der Waals surface area contributed by atoms with Crippen molar-refractivity contribution in [3.8, 4) is 21.1 Å². The second-order valence-corrected chi connectivity index (χ2v) is 14.6. The van der Waals surface area contributed by atoms with Gasteiger partial charge in [0.25, 0.3) is 0 Å². The molecule has 2 aromatic carbocycles. The molecular formula is C32H20Cl4F2N6O2S2. The van der Waals surface area contributed by atoms with E-state index >= 15 is 0 Å². The van der Waals surface area contributed by atoms with Crippen LogP contribution in [0.2, 0.25) is 20.1 Å². The molecule has 2 fully saturated rings. The maximum atomic E-state index is 13.0. The molecule has 6 aromatic rings. The molecule has 4 atom stereocenters. The Bertz CT molecular complexity index is 2040. The molecule has 2 saturated carbocycles. The first-order valence-corrected chi connectivity index (χ1v) is 17.5. The van der Waals surface area contributed by atoms with Crippen molar-refractivity contribution in [3.63, 3.8) is 0 Å². The molecule has 0 aliphatic heterocycles. The molecule has 2 N–H and O–H groups in total. The van der Waals surface area contributed by atoms with E-state index in [2.05, 4.69) is 30.6 Å². The number of amides is 2. The number of alkyl halides is 2. The number of nitrogens with one attached hydrogen (secondary N) is 2. The zero-order valence-corrected chi connectivity index (χ0v) is 28.8. The van der Waals surface area contributed by atoms with Gasteiger partial charge in [-0.2, -0.15) is 0 Å². The van der Waals surface area contributed by atoms with Crippen molar-refractivity contribution in [1.29, 1.82) is 0 Å². The highest BCUT2D eigenvalue weighted by Crippen LogP contribution is 2.43. The standard InChI is InChI=1S/2C16H10Cl2FN3OS/c2*17-8-2-1-3-9(18)12(8)16-21-11-4-5-20-14(13(11)24-16)22-15(23)7-6-10(7)19/h2*1-5,7,10H,6H2,(H,20,22,23)/t7?,10-;7-,10+/m11/s1. The van der Waals surface area contributed by atoms with Crippen molar-refractivity contribution < 1.29 is 18.4 Å². The van der Waals surface area contributed by atoms with Gasteiger partial charge < -0.3 is 10.6 Å². The molecule has 4 heterocycles. The number of carbonyl (C=O) groups is 2. The lowest BCUT2D eigenvalue weighted by molar-refractivity contribution is -0.118. The van der Waals surface area contributed by atoms with E-state index in [4.69, 9.17) is 46.4 Å². The fourth-order valence-corrected chi connectivity index (χ4v) is 8.33. The Morgan fingerprint density at radius 2 is 1.00 bits per heavy atom. The topological polar surface area (TPSA) is 110 Å². The van der Waals surface area contributed by atoms with E-state index in [0.717, 1.165) is 0 Å². The van der Waals surface area contributed by atoms with Gasteiger partial charge in [-0.3, -0.25) is 9.59 Å². The highest BCUT2D eigenvalue weighted by Gasteiger charge is 2.44. The molecule has 8 rings (SSSR count). The first-order chi connectivity index (χ1) is 23.1. The summed E-state index contributed by atoms with van der Waals surface area (Å²) in [4.78, 5) is 41.4. The molecule has 0 spiro atoms. The van der Waals surface area contributed by atoms with Gasteiger partial charge in [-0.15, -0.1) is 22.7 Å². The van der Waals surface area contributed by atoms with Gasteiger partial charge in [0.15, 0.2) is 11.6 Å². The summed E-state index contributed by atoms with van der Waals surface area (Å²) in [6.45, 7) is 0. The summed E-state index contributed by atoms with van der Waals surface area (Å²) < 4.78 is 27.5. The lowest BCUT2D eigenvalue weighted by Gasteiger charge is -2.03. The van der Waals surface area contributed by atoms with E-state index in [1.165, 1.54) is 22.7 Å². The van der Waals surface area contributed by atoms with Crippen molar-refractivity contribution >= 4 is 113 Å². The number of aromatic nitrogens is 4. The average Bonchev–Trinajstić information content (AvgIpc) is 3.85. The van der Waals surface area contributed by atoms with E-state index in [0.29, 0.717) is 73.3 Å². The zero-order valence-electron chi connectivity index (χ0n) is 24.2. The third kappa shape index (κ3) is 6.70. The molecule has 0 radical (unpaired) electrons. The summed E-state index contributed by atoms with van der Waals surface area (Å²) in [7, 11) is 0. The maximum absolute atomic E-state index is 13.0. The quantitative estimate of drug-likeness (QED) is 0.175. The van der Waals surface area contributed by atoms with Gasteiger partial charge in [0, 0.05) is 23.5 Å². The molecule has 0 saturated heterocycles. The summed E-state index contributed by atoms with van der Waals surface area (Å²) in [6, 6.07) is 14.0.